The number of nitrogens with zero attached hydrogens (tertiary/aromatic N) is 1. The van der Waals surface area contributed by atoms with Gasteiger partial charge in [-0.15, -0.1) is 11.8 Å². The molecule has 29 heavy (non-hydrogen) atoms. The predicted octanol–water partition coefficient (Wildman–Crippen LogP) is 5.25. The Labute approximate surface area is 176 Å². The minimum Gasteiger partial charge on any atom is -0.322 e. The van der Waals surface area contributed by atoms with Gasteiger partial charge in [0, 0.05) is 16.8 Å². The molecule has 3 rings (SSSR count). The van der Waals surface area contributed by atoms with Crippen LogP contribution in [0.2, 0.25) is 5.02 Å². The molecule has 0 bridgehead atoms. The zero-order valence-electron chi connectivity index (χ0n) is 15.4. The predicted molar refractivity (Wildman–Crippen MR) is 114 cm³/mol. The first kappa shape index (κ1) is 20.8. The smallest absolute Gasteiger partial charge is 0.258 e. The molecule has 0 aliphatic carbocycles. The number of benzene rings is 2. The monoisotopic (exact) mass is 429 g/mol. The number of hydrogen-bond donors (Lipinski definition) is 2. The van der Waals surface area contributed by atoms with Crippen LogP contribution in [0.25, 0.3) is 0 Å². The summed E-state index contributed by atoms with van der Waals surface area (Å²) in [6.07, 6.45) is 1.46. The molecule has 3 aromatic rings. The fraction of sp³-hybridized carbons (Fsp3) is 0.0952. The third-order valence-electron chi connectivity index (χ3n) is 3.89. The van der Waals surface area contributed by atoms with E-state index in [2.05, 4.69) is 15.6 Å². The van der Waals surface area contributed by atoms with Gasteiger partial charge in [0.25, 0.3) is 5.91 Å². The molecule has 1 unspecified atom stereocenters. The highest BCUT2D eigenvalue weighted by molar-refractivity contribution is 8.00. The average Bonchev–Trinajstić information content (AvgIpc) is 2.71. The van der Waals surface area contributed by atoms with Crippen molar-refractivity contribution < 1.29 is 14.0 Å². The van der Waals surface area contributed by atoms with Crippen molar-refractivity contribution in [2.24, 2.45) is 0 Å². The van der Waals surface area contributed by atoms with Gasteiger partial charge in [-0.05, 0) is 55.5 Å². The first-order valence-electron chi connectivity index (χ1n) is 8.67. The van der Waals surface area contributed by atoms with Crippen LogP contribution >= 0.6 is 23.4 Å². The molecule has 0 fully saturated rings. The SMILES string of the molecule is CC(Sc1ccc(NC(=O)c2ccccc2F)cc1)C(=O)Nc1ccc(Cl)cn1. The highest BCUT2D eigenvalue weighted by Gasteiger charge is 2.16. The Morgan fingerprint density at radius 1 is 1.03 bits per heavy atom. The molecule has 0 aliphatic heterocycles. The molecule has 148 valence electrons. The number of aromatic nitrogens is 1. The highest BCUT2D eigenvalue weighted by Crippen LogP contribution is 2.26. The van der Waals surface area contributed by atoms with E-state index in [1.54, 1.807) is 49.4 Å². The van der Waals surface area contributed by atoms with Gasteiger partial charge in [-0.25, -0.2) is 9.37 Å². The molecule has 1 atom stereocenters. The van der Waals surface area contributed by atoms with Crippen molar-refractivity contribution in [3.63, 3.8) is 0 Å². The molecule has 5 nitrogen and oxygen atoms in total. The quantitative estimate of drug-likeness (QED) is 0.525. The van der Waals surface area contributed by atoms with Crippen molar-refractivity contribution in [2.75, 3.05) is 10.6 Å². The second-order valence-corrected chi connectivity index (χ2v) is 7.92. The summed E-state index contributed by atoms with van der Waals surface area (Å²) >= 11 is 7.14. The Morgan fingerprint density at radius 2 is 1.76 bits per heavy atom. The molecule has 2 aromatic carbocycles. The molecule has 1 heterocycles. The van der Waals surface area contributed by atoms with E-state index in [0.717, 1.165) is 4.90 Å². The van der Waals surface area contributed by atoms with Crippen LogP contribution in [-0.2, 0) is 4.79 Å². The highest BCUT2D eigenvalue weighted by atomic mass is 35.5. The summed E-state index contributed by atoms with van der Waals surface area (Å²) in [7, 11) is 0. The largest absolute Gasteiger partial charge is 0.322 e. The third-order valence-corrected chi connectivity index (χ3v) is 5.23. The van der Waals surface area contributed by atoms with Gasteiger partial charge in [0.2, 0.25) is 5.91 Å². The molecule has 0 radical (unpaired) electrons. The zero-order chi connectivity index (χ0) is 20.8. The number of amides is 2. The van der Waals surface area contributed by atoms with Crippen molar-refractivity contribution in [1.29, 1.82) is 0 Å². The zero-order valence-corrected chi connectivity index (χ0v) is 16.9. The minimum absolute atomic E-state index is 0.0212. The van der Waals surface area contributed by atoms with E-state index >= 15 is 0 Å². The fourth-order valence-electron chi connectivity index (χ4n) is 2.40. The number of rotatable bonds is 6. The van der Waals surface area contributed by atoms with E-state index in [4.69, 9.17) is 11.6 Å². The summed E-state index contributed by atoms with van der Waals surface area (Å²) in [5.41, 5.74) is 0.511. The standard InChI is InChI=1S/C21H17ClFN3O2S/c1-13(20(27)26-19-11-6-14(22)12-24-19)29-16-9-7-15(8-10-16)25-21(28)17-4-2-3-5-18(17)23/h2-13H,1H3,(H,25,28)(H,24,26,27). The van der Waals surface area contributed by atoms with Crippen LogP contribution in [0.3, 0.4) is 0 Å². The van der Waals surface area contributed by atoms with Crippen LogP contribution < -0.4 is 10.6 Å². The van der Waals surface area contributed by atoms with Gasteiger partial charge < -0.3 is 10.6 Å². The molecule has 2 N–H and O–H groups in total. The maximum atomic E-state index is 13.7. The van der Waals surface area contributed by atoms with E-state index in [0.29, 0.717) is 16.5 Å². The minimum atomic E-state index is -0.577. The second kappa shape index (κ2) is 9.54. The van der Waals surface area contributed by atoms with Crippen molar-refractivity contribution in [3.8, 4) is 0 Å². The maximum absolute atomic E-state index is 13.7. The van der Waals surface area contributed by atoms with E-state index in [1.165, 1.54) is 36.2 Å². The lowest BCUT2D eigenvalue weighted by Gasteiger charge is -2.12. The summed E-state index contributed by atoms with van der Waals surface area (Å²) in [6.45, 7) is 1.78. The molecule has 0 aliphatic rings. The van der Waals surface area contributed by atoms with Gasteiger partial charge >= 0.3 is 0 Å². The van der Waals surface area contributed by atoms with Gasteiger partial charge in [0.15, 0.2) is 0 Å². The number of pyridine rings is 1. The lowest BCUT2D eigenvalue weighted by Crippen LogP contribution is -2.22. The van der Waals surface area contributed by atoms with Gasteiger partial charge in [0.05, 0.1) is 15.8 Å². The summed E-state index contributed by atoms with van der Waals surface area (Å²) in [6, 6.07) is 16.0. The molecular formula is C21H17ClFN3O2S. The molecule has 2 amide bonds. The molecule has 0 saturated heterocycles. The average molecular weight is 430 g/mol. The summed E-state index contributed by atoms with van der Waals surface area (Å²) < 4.78 is 13.7. The Morgan fingerprint density at radius 3 is 2.41 bits per heavy atom. The number of thioether (sulfide) groups is 1. The van der Waals surface area contributed by atoms with Gasteiger partial charge in [0.1, 0.15) is 11.6 Å². The molecule has 8 heteroatoms. The number of hydrogen-bond acceptors (Lipinski definition) is 4. The van der Waals surface area contributed by atoms with Crippen LogP contribution in [0.5, 0.6) is 0 Å². The van der Waals surface area contributed by atoms with Crippen molar-refractivity contribution in [2.45, 2.75) is 17.1 Å². The Kier molecular flexibility index (Phi) is 6.85. The molecule has 0 spiro atoms. The van der Waals surface area contributed by atoms with E-state index < -0.39 is 11.7 Å². The summed E-state index contributed by atoms with van der Waals surface area (Å²) in [5.74, 6) is -0.862. The van der Waals surface area contributed by atoms with Crippen LogP contribution in [0.1, 0.15) is 17.3 Å². The first-order chi connectivity index (χ1) is 13.9. The van der Waals surface area contributed by atoms with Crippen LogP contribution in [0.4, 0.5) is 15.9 Å². The lowest BCUT2D eigenvalue weighted by atomic mass is 10.2. The first-order valence-corrected chi connectivity index (χ1v) is 9.93. The van der Waals surface area contributed by atoms with E-state index in [-0.39, 0.29) is 16.7 Å². The Hall–Kier alpha value is -2.90. The van der Waals surface area contributed by atoms with Crippen molar-refractivity contribution in [1.82, 2.24) is 4.98 Å². The number of nitrogens with one attached hydrogen (secondary N) is 2. The number of anilines is 2. The second-order valence-electron chi connectivity index (χ2n) is 6.07. The topological polar surface area (TPSA) is 71.1 Å². The molecule has 1 aromatic heterocycles. The van der Waals surface area contributed by atoms with Crippen molar-refractivity contribution >= 4 is 46.7 Å². The molecular weight excluding hydrogens is 413 g/mol. The van der Waals surface area contributed by atoms with Crippen LogP contribution in [-0.4, -0.2) is 22.0 Å². The lowest BCUT2D eigenvalue weighted by molar-refractivity contribution is -0.115. The van der Waals surface area contributed by atoms with E-state index in [9.17, 15) is 14.0 Å². The van der Waals surface area contributed by atoms with Crippen LogP contribution in [0, 0.1) is 5.82 Å². The number of halogens is 2. The summed E-state index contributed by atoms with van der Waals surface area (Å²) in [4.78, 5) is 29.3. The Bertz CT molecular complexity index is 1010. The van der Waals surface area contributed by atoms with Crippen molar-refractivity contribution in [3.05, 3.63) is 83.3 Å². The fourth-order valence-corrected chi connectivity index (χ4v) is 3.38. The number of carbonyl (C=O) groups is 2. The molecule has 0 saturated carbocycles. The van der Waals surface area contributed by atoms with Gasteiger partial charge in [-0.2, -0.15) is 0 Å². The number of carbonyl (C=O) groups excluding carboxylic acids is 2. The van der Waals surface area contributed by atoms with Crippen LogP contribution in [0.15, 0.2) is 71.8 Å². The Balaban J connectivity index is 1.57. The van der Waals surface area contributed by atoms with E-state index in [1.807, 2.05) is 0 Å². The normalized spacial score (nSPS) is 11.6. The van der Waals surface area contributed by atoms with Gasteiger partial charge in [-0.1, -0.05) is 23.7 Å². The van der Waals surface area contributed by atoms with Gasteiger partial charge in [-0.3, -0.25) is 9.59 Å². The summed E-state index contributed by atoms with van der Waals surface area (Å²) in [5, 5.41) is 5.51. The maximum Gasteiger partial charge on any atom is 0.258 e. The third kappa shape index (κ3) is 5.79.